The summed E-state index contributed by atoms with van der Waals surface area (Å²) in [7, 11) is 0. The number of hydrogen-bond acceptors (Lipinski definition) is 6. The summed E-state index contributed by atoms with van der Waals surface area (Å²) < 4.78 is 0.758. The number of halogens is 2. The molecule has 0 aliphatic carbocycles. The summed E-state index contributed by atoms with van der Waals surface area (Å²) in [5.74, 6) is 0.156. The van der Waals surface area contributed by atoms with E-state index in [-0.39, 0.29) is 17.3 Å². The zero-order chi connectivity index (χ0) is 18.7. The van der Waals surface area contributed by atoms with Crippen LogP contribution in [-0.4, -0.2) is 14.9 Å². The highest BCUT2D eigenvalue weighted by atomic mass is 79.9. The summed E-state index contributed by atoms with van der Waals surface area (Å²) in [6, 6.07) is 12.5. The number of hydrogen-bond donors (Lipinski definition) is 2. The first-order valence-electron chi connectivity index (χ1n) is 7.50. The summed E-state index contributed by atoms with van der Waals surface area (Å²) in [4.78, 5) is 19.2. The molecule has 0 fully saturated rings. The number of anilines is 4. The lowest BCUT2D eigenvalue weighted by molar-refractivity contribution is -0.383. The van der Waals surface area contributed by atoms with Crippen LogP contribution in [0.15, 0.2) is 53.3 Å². The lowest BCUT2D eigenvalue weighted by Gasteiger charge is -2.12. The average molecular weight is 435 g/mol. The van der Waals surface area contributed by atoms with Crippen LogP contribution in [0.5, 0.6) is 0 Å². The molecule has 0 atom stereocenters. The van der Waals surface area contributed by atoms with E-state index in [9.17, 15) is 10.1 Å². The minimum absolute atomic E-state index is 0.0740. The van der Waals surface area contributed by atoms with Crippen LogP contribution < -0.4 is 10.6 Å². The number of aromatic nitrogens is 2. The first-order chi connectivity index (χ1) is 12.5. The van der Waals surface area contributed by atoms with E-state index in [1.54, 1.807) is 24.3 Å². The van der Waals surface area contributed by atoms with Gasteiger partial charge in [-0.3, -0.25) is 10.1 Å². The van der Waals surface area contributed by atoms with Crippen LogP contribution in [0.25, 0.3) is 0 Å². The molecule has 2 N–H and O–H groups in total. The van der Waals surface area contributed by atoms with Crippen LogP contribution in [0.1, 0.15) is 5.56 Å². The molecule has 0 bridgehead atoms. The van der Waals surface area contributed by atoms with Crippen molar-refractivity contribution in [2.75, 3.05) is 10.6 Å². The minimum atomic E-state index is -0.526. The van der Waals surface area contributed by atoms with Gasteiger partial charge >= 0.3 is 5.69 Å². The topological polar surface area (TPSA) is 93.0 Å². The predicted molar refractivity (Wildman–Crippen MR) is 106 cm³/mol. The highest BCUT2D eigenvalue weighted by Crippen LogP contribution is 2.35. The lowest BCUT2D eigenvalue weighted by Crippen LogP contribution is -2.06. The van der Waals surface area contributed by atoms with E-state index < -0.39 is 4.92 Å². The average Bonchev–Trinajstić information content (AvgIpc) is 2.61. The maximum atomic E-state index is 11.7. The largest absolute Gasteiger partial charge is 0.353 e. The molecule has 9 heteroatoms. The van der Waals surface area contributed by atoms with Crippen molar-refractivity contribution in [2.45, 2.75) is 6.92 Å². The number of nitro groups is 1. The van der Waals surface area contributed by atoms with Gasteiger partial charge in [-0.25, -0.2) is 9.97 Å². The van der Waals surface area contributed by atoms with Gasteiger partial charge in [0.15, 0.2) is 0 Å². The second kappa shape index (κ2) is 7.67. The summed E-state index contributed by atoms with van der Waals surface area (Å²) in [5, 5.41) is 18.2. The van der Waals surface area contributed by atoms with Crippen LogP contribution in [0.3, 0.4) is 0 Å². The van der Waals surface area contributed by atoms with E-state index in [2.05, 4.69) is 36.5 Å². The fourth-order valence-electron chi connectivity index (χ4n) is 2.30. The second-order valence-corrected chi connectivity index (χ2v) is 6.58. The second-order valence-electron chi connectivity index (χ2n) is 5.32. The molecule has 0 unspecified atom stereocenters. The Bertz CT molecular complexity index is 983. The number of nitrogens with zero attached hydrogens (tertiary/aromatic N) is 3. The fraction of sp³-hybridized carbons (Fsp3) is 0.0588. The molecule has 7 nitrogen and oxygen atoms in total. The predicted octanol–water partition coefficient (Wildman–Crippen LogP) is 5.60. The molecule has 0 saturated heterocycles. The first-order valence-corrected chi connectivity index (χ1v) is 8.67. The Balaban J connectivity index is 2.03. The van der Waals surface area contributed by atoms with Crippen molar-refractivity contribution in [1.82, 2.24) is 9.97 Å². The number of benzene rings is 2. The molecule has 0 saturated carbocycles. The Morgan fingerprint density at radius 3 is 2.31 bits per heavy atom. The van der Waals surface area contributed by atoms with Gasteiger partial charge in [0.2, 0.25) is 11.6 Å². The van der Waals surface area contributed by atoms with Crippen LogP contribution in [0.2, 0.25) is 5.02 Å². The SMILES string of the molecule is Cc1c(Cl)cccc1Nc1ncnc(Nc2ccccc2Br)c1[N+](=O)[O-]. The van der Waals surface area contributed by atoms with E-state index >= 15 is 0 Å². The smallest absolute Gasteiger partial charge is 0.334 e. The van der Waals surface area contributed by atoms with Crippen molar-refractivity contribution < 1.29 is 4.92 Å². The summed E-state index contributed by atoms with van der Waals surface area (Å²) in [6.07, 6.45) is 1.26. The molecule has 3 aromatic rings. The normalized spacial score (nSPS) is 10.4. The minimum Gasteiger partial charge on any atom is -0.334 e. The van der Waals surface area contributed by atoms with E-state index in [0.29, 0.717) is 16.4 Å². The van der Waals surface area contributed by atoms with Gasteiger partial charge in [0, 0.05) is 15.2 Å². The lowest BCUT2D eigenvalue weighted by atomic mass is 10.2. The van der Waals surface area contributed by atoms with Gasteiger partial charge in [-0.05, 0) is 52.7 Å². The van der Waals surface area contributed by atoms with Gasteiger partial charge in [0.1, 0.15) is 6.33 Å². The zero-order valence-corrected chi connectivity index (χ0v) is 15.9. The quantitative estimate of drug-likeness (QED) is 0.401. The molecule has 0 spiro atoms. The van der Waals surface area contributed by atoms with Crippen molar-refractivity contribution in [3.05, 3.63) is 74.0 Å². The van der Waals surface area contributed by atoms with Crippen molar-refractivity contribution in [3.8, 4) is 0 Å². The molecule has 132 valence electrons. The summed E-state index contributed by atoms with van der Waals surface area (Å²) in [5.41, 5.74) is 1.79. The van der Waals surface area contributed by atoms with Gasteiger partial charge in [0.05, 0.1) is 10.6 Å². The molecule has 1 heterocycles. The third-order valence-electron chi connectivity index (χ3n) is 3.65. The molecule has 0 amide bonds. The van der Waals surface area contributed by atoms with Crippen molar-refractivity contribution >= 4 is 56.2 Å². The van der Waals surface area contributed by atoms with Gasteiger partial charge in [-0.2, -0.15) is 0 Å². The Morgan fingerprint density at radius 1 is 1.04 bits per heavy atom. The fourth-order valence-corrected chi connectivity index (χ4v) is 2.85. The monoisotopic (exact) mass is 433 g/mol. The maximum absolute atomic E-state index is 11.7. The highest BCUT2D eigenvalue weighted by Gasteiger charge is 2.24. The highest BCUT2D eigenvalue weighted by molar-refractivity contribution is 9.10. The maximum Gasteiger partial charge on any atom is 0.353 e. The van der Waals surface area contributed by atoms with E-state index in [1.165, 1.54) is 6.33 Å². The molecule has 0 radical (unpaired) electrons. The molecule has 3 rings (SSSR count). The van der Waals surface area contributed by atoms with Crippen LogP contribution in [0.4, 0.5) is 28.7 Å². The Kier molecular flexibility index (Phi) is 5.34. The molecule has 0 aliphatic heterocycles. The van der Waals surface area contributed by atoms with Crippen molar-refractivity contribution in [3.63, 3.8) is 0 Å². The third kappa shape index (κ3) is 3.76. The number of rotatable bonds is 5. The number of para-hydroxylation sites is 1. The Morgan fingerprint density at radius 2 is 1.65 bits per heavy atom. The van der Waals surface area contributed by atoms with Crippen molar-refractivity contribution in [2.24, 2.45) is 0 Å². The molecular formula is C17H13BrClN5O2. The molecular weight excluding hydrogens is 422 g/mol. The molecule has 0 aliphatic rings. The van der Waals surface area contributed by atoms with Crippen LogP contribution >= 0.6 is 27.5 Å². The van der Waals surface area contributed by atoms with E-state index in [0.717, 1.165) is 10.0 Å². The van der Waals surface area contributed by atoms with E-state index in [4.69, 9.17) is 11.6 Å². The zero-order valence-electron chi connectivity index (χ0n) is 13.5. The molecule has 2 aromatic carbocycles. The first kappa shape index (κ1) is 18.1. The molecule has 1 aromatic heterocycles. The van der Waals surface area contributed by atoms with Gasteiger partial charge in [-0.1, -0.05) is 29.8 Å². The van der Waals surface area contributed by atoms with Crippen LogP contribution in [-0.2, 0) is 0 Å². The summed E-state index contributed by atoms with van der Waals surface area (Å²) in [6.45, 7) is 1.82. The van der Waals surface area contributed by atoms with Gasteiger partial charge < -0.3 is 10.6 Å². The Hall–Kier alpha value is -2.71. The Labute approximate surface area is 162 Å². The number of nitrogens with one attached hydrogen (secondary N) is 2. The third-order valence-corrected chi connectivity index (χ3v) is 4.75. The van der Waals surface area contributed by atoms with Gasteiger partial charge in [0.25, 0.3) is 0 Å². The van der Waals surface area contributed by atoms with Crippen molar-refractivity contribution in [1.29, 1.82) is 0 Å². The molecule has 26 heavy (non-hydrogen) atoms. The van der Waals surface area contributed by atoms with Gasteiger partial charge in [-0.15, -0.1) is 0 Å². The summed E-state index contributed by atoms with van der Waals surface area (Å²) >= 11 is 9.51. The standard InChI is InChI=1S/C17H13BrClN5O2/c1-10-12(19)6-4-8-13(10)22-16-15(24(25)26)17(21-9-20-16)23-14-7-3-2-5-11(14)18/h2-9H,1H3,(H2,20,21,22,23). The van der Waals surface area contributed by atoms with E-state index in [1.807, 2.05) is 25.1 Å². The van der Waals surface area contributed by atoms with Crippen LogP contribution in [0, 0.1) is 17.0 Å².